The Morgan fingerprint density at radius 1 is 1.53 bits per heavy atom. The maximum Gasteiger partial charge on any atom is 0.345 e. The Kier molecular flexibility index (Phi) is 4.85. The number of aromatic nitrogens is 3. The van der Waals surface area contributed by atoms with E-state index < -0.39 is 23.6 Å². The van der Waals surface area contributed by atoms with Crippen molar-refractivity contribution in [3.8, 4) is 0 Å². The molecule has 0 saturated heterocycles. The highest BCUT2D eigenvalue weighted by Crippen LogP contribution is 2.07. The topological polar surface area (TPSA) is 106 Å². The van der Waals surface area contributed by atoms with Crippen LogP contribution in [0.3, 0.4) is 0 Å². The molecule has 0 aliphatic heterocycles. The van der Waals surface area contributed by atoms with E-state index in [9.17, 15) is 14.4 Å². The summed E-state index contributed by atoms with van der Waals surface area (Å²) in [6, 6.07) is -0.961. The molecule has 0 saturated carbocycles. The van der Waals surface area contributed by atoms with Gasteiger partial charge in [-0.05, 0) is 5.92 Å². The van der Waals surface area contributed by atoms with Gasteiger partial charge >= 0.3 is 11.7 Å². The molecule has 1 rings (SSSR count). The maximum atomic E-state index is 11.7. The van der Waals surface area contributed by atoms with Gasteiger partial charge in [0.05, 0.1) is 0 Å². The van der Waals surface area contributed by atoms with E-state index in [2.05, 4.69) is 10.4 Å². The van der Waals surface area contributed by atoms with Crippen molar-refractivity contribution < 1.29 is 14.7 Å². The Bertz CT molecular complexity index is 519. The third kappa shape index (κ3) is 3.67. The molecule has 0 fully saturated rings. The summed E-state index contributed by atoms with van der Waals surface area (Å²) in [5, 5.41) is 15.2. The molecular formula is C11H18N4O4. The van der Waals surface area contributed by atoms with Crippen molar-refractivity contribution in [2.75, 3.05) is 0 Å². The zero-order chi connectivity index (χ0) is 14.6. The van der Waals surface area contributed by atoms with Crippen molar-refractivity contribution in [3.05, 3.63) is 16.8 Å². The number of aryl methyl sites for hydroxylation is 1. The molecule has 0 spiro atoms. The van der Waals surface area contributed by atoms with Crippen molar-refractivity contribution in [1.82, 2.24) is 19.7 Å². The number of rotatable bonds is 6. The van der Waals surface area contributed by atoms with Gasteiger partial charge < -0.3 is 10.4 Å². The Morgan fingerprint density at radius 2 is 2.16 bits per heavy atom. The number of amides is 1. The number of carbonyl (C=O) groups excluding carboxylic acids is 1. The van der Waals surface area contributed by atoms with E-state index in [1.54, 1.807) is 6.92 Å². The van der Waals surface area contributed by atoms with Crippen molar-refractivity contribution in [3.63, 3.8) is 0 Å². The molecule has 0 aliphatic rings. The summed E-state index contributed by atoms with van der Waals surface area (Å²) in [5.74, 6) is -1.83. The number of hydrogen-bond acceptors (Lipinski definition) is 4. The molecule has 19 heavy (non-hydrogen) atoms. The molecule has 1 aromatic heterocycles. The fourth-order valence-corrected chi connectivity index (χ4v) is 1.57. The van der Waals surface area contributed by atoms with E-state index >= 15 is 0 Å². The molecule has 0 bridgehead atoms. The number of nitrogens with one attached hydrogen (secondary N) is 1. The molecule has 2 N–H and O–H groups in total. The van der Waals surface area contributed by atoms with Crippen molar-refractivity contribution in [1.29, 1.82) is 0 Å². The van der Waals surface area contributed by atoms with Crippen LogP contribution in [0.15, 0.2) is 11.1 Å². The first-order chi connectivity index (χ1) is 8.86. The van der Waals surface area contributed by atoms with Crippen LogP contribution in [0.5, 0.6) is 0 Å². The summed E-state index contributed by atoms with van der Waals surface area (Å²) in [6.45, 7) is 3.29. The minimum atomic E-state index is -1.09. The first kappa shape index (κ1) is 14.9. The van der Waals surface area contributed by atoms with Gasteiger partial charge in [0.25, 0.3) is 0 Å². The van der Waals surface area contributed by atoms with Crippen LogP contribution < -0.4 is 11.0 Å². The summed E-state index contributed by atoms with van der Waals surface area (Å²) < 4.78 is 2.21. The third-order valence-electron chi connectivity index (χ3n) is 2.98. The smallest absolute Gasteiger partial charge is 0.345 e. The van der Waals surface area contributed by atoms with E-state index in [4.69, 9.17) is 5.11 Å². The average molecular weight is 270 g/mol. The fourth-order valence-electron chi connectivity index (χ4n) is 1.57. The number of carboxylic acids is 1. The molecule has 1 heterocycles. The highest BCUT2D eigenvalue weighted by molar-refractivity contribution is 5.83. The minimum Gasteiger partial charge on any atom is -0.480 e. The first-order valence-electron chi connectivity index (χ1n) is 5.97. The van der Waals surface area contributed by atoms with Crippen LogP contribution in [0.4, 0.5) is 0 Å². The normalized spacial score (nSPS) is 13.8. The Labute approximate surface area is 110 Å². The lowest BCUT2D eigenvalue weighted by atomic mass is 9.99. The van der Waals surface area contributed by atoms with Gasteiger partial charge in [0.2, 0.25) is 5.91 Å². The van der Waals surface area contributed by atoms with Gasteiger partial charge in [-0.3, -0.25) is 9.36 Å². The number of carbonyl (C=O) groups is 2. The van der Waals surface area contributed by atoms with E-state index in [-0.39, 0.29) is 12.5 Å². The van der Waals surface area contributed by atoms with Crippen molar-refractivity contribution in [2.24, 2.45) is 13.0 Å². The third-order valence-corrected chi connectivity index (χ3v) is 2.98. The number of aliphatic carboxylic acids is 1. The molecule has 0 aromatic carbocycles. The maximum absolute atomic E-state index is 11.7. The first-order valence-corrected chi connectivity index (χ1v) is 5.97. The van der Waals surface area contributed by atoms with Crippen LogP contribution in [0, 0.1) is 5.92 Å². The van der Waals surface area contributed by atoms with Gasteiger partial charge in [0, 0.05) is 7.05 Å². The number of carboxylic acid groups (broad SMARTS) is 1. The van der Waals surface area contributed by atoms with Crippen LogP contribution >= 0.6 is 0 Å². The van der Waals surface area contributed by atoms with Gasteiger partial charge in [-0.25, -0.2) is 14.3 Å². The average Bonchev–Trinajstić information content (AvgIpc) is 2.66. The van der Waals surface area contributed by atoms with E-state index in [1.807, 2.05) is 6.92 Å². The van der Waals surface area contributed by atoms with E-state index in [0.29, 0.717) is 6.42 Å². The van der Waals surface area contributed by atoms with Crippen LogP contribution in [-0.4, -0.2) is 37.4 Å². The molecule has 8 heteroatoms. The summed E-state index contributed by atoms with van der Waals surface area (Å²) in [6.07, 6.45) is 1.92. The van der Waals surface area contributed by atoms with Crippen molar-refractivity contribution in [2.45, 2.75) is 32.9 Å². The van der Waals surface area contributed by atoms with Crippen molar-refractivity contribution >= 4 is 11.9 Å². The largest absolute Gasteiger partial charge is 0.480 e. The molecule has 0 unspecified atom stereocenters. The minimum absolute atomic E-state index is 0.193. The van der Waals surface area contributed by atoms with Crippen LogP contribution in [0.1, 0.15) is 20.3 Å². The molecule has 0 radical (unpaired) electrons. The van der Waals surface area contributed by atoms with Gasteiger partial charge in [0.15, 0.2) is 0 Å². The zero-order valence-corrected chi connectivity index (χ0v) is 11.2. The molecule has 8 nitrogen and oxygen atoms in total. The predicted octanol–water partition coefficient (Wildman–Crippen LogP) is -0.803. The van der Waals surface area contributed by atoms with Gasteiger partial charge in [-0.15, -0.1) is 0 Å². The van der Waals surface area contributed by atoms with Crippen LogP contribution in [-0.2, 0) is 23.2 Å². The Morgan fingerprint density at radius 3 is 2.58 bits per heavy atom. The number of nitrogens with zero attached hydrogens (tertiary/aromatic N) is 3. The highest BCUT2D eigenvalue weighted by atomic mass is 16.4. The second-order valence-corrected chi connectivity index (χ2v) is 4.45. The van der Waals surface area contributed by atoms with Gasteiger partial charge in [-0.1, -0.05) is 20.3 Å². The monoisotopic (exact) mass is 270 g/mol. The van der Waals surface area contributed by atoms with Gasteiger partial charge in [-0.2, -0.15) is 5.10 Å². The molecule has 0 aliphatic carbocycles. The Balaban J connectivity index is 2.71. The Hall–Kier alpha value is -2.12. The quantitative estimate of drug-likeness (QED) is 0.703. The predicted molar refractivity (Wildman–Crippen MR) is 66.5 cm³/mol. The fraction of sp³-hybridized carbons (Fsp3) is 0.636. The summed E-state index contributed by atoms with van der Waals surface area (Å²) in [4.78, 5) is 34.3. The van der Waals surface area contributed by atoms with Crippen LogP contribution in [0.2, 0.25) is 0 Å². The van der Waals surface area contributed by atoms with Gasteiger partial charge in [0.1, 0.15) is 18.9 Å². The lowest BCUT2D eigenvalue weighted by molar-refractivity contribution is -0.143. The second kappa shape index (κ2) is 6.17. The summed E-state index contributed by atoms with van der Waals surface area (Å²) in [7, 11) is 1.52. The second-order valence-electron chi connectivity index (χ2n) is 4.45. The van der Waals surface area contributed by atoms with E-state index in [1.165, 1.54) is 17.9 Å². The van der Waals surface area contributed by atoms with Crippen LogP contribution in [0.25, 0.3) is 0 Å². The lowest BCUT2D eigenvalue weighted by Crippen LogP contribution is -2.47. The molecule has 2 atom stereocenters. The summed E-state index contributed by atoms with van der Waals surface area (Å²) in [5.41, 5.74) is -0.425. The molecular weight excluding hydrogens is 252 g/mol. The standard InChI is InChI=1S/C11H18N4O4/c1-4-7(2)9(10(17)18)13-8(16)5-15-11(19)14(3)6-12-15/h6-7,9H,4-5H2,1-3H3,(H,13,16)(H,17,18)/t7-,9-/m0/s1. The molecule has 1 amide bonds. The summed E-state index contributed by atoms with van der Waals surface area (Å²) >= 11 is 0. The lowest BCUT2D eigenvalue weighted by Gasteiger charge is -2.19. The SMILES string of the molecule is CC[C@H](C)[C@H](NC(=O)Cn1ncn(C)c1=O)C(=O)O. The molecule has 1 aromatic rings. The zero-order valence-electron chi connectivity index (χ0n) is 11.2. The molecule has 106 valence electrons. The highest BCUT2D eigenvalue weighted by Gasteiger charge is 2.25. The number of hydrogen-bond donors (Lipinski definition) is 2. The van der Waals surface area contributed by atoms with E-state index in [0.717, 1.165) is 4.68 Å².